The third-order valence-electron chi connectivity index (χ3n) is 5.90. The molecule has 2 N–H and O–H groups in total. The summed E-state index contributed by atoms with van der Waals surface area (Å²) in [6.07, 6.45) is 2.97. The van der Waals surface area contributed by atoms with E-state index in [0.29, 0.717) is 36.9 Å². The van der Waals surface area contributed by atoms with E-state index in [0.717, 1.165) is 6.54 Å². The van der Waals surface area contributed by atoms with Gasteiger partial charge >= 0.3 is 0 Å². The number of carbonyl (C=O) groups is 1. The molecule has 134 valence electrons. The smallest absolute Gasteiger partial charge is 0.224 e. The summed E-state index contributed by atoms with van der Waals surface area (Å²) in [4.78, 5) is 17.4. The second kappa shape index (κ2) is 8.05. The van der Waals surface area contributed by atoms with Crippen molar-refractivity contribution in [3.05, 3.63) is 35.9 Å². The molecule has 4 nitrogen and oxygen atoms in total. The van der Waals surface area contributed by atoms with Crippen molar-refractivity contribution >= 4 is 30.7 Å². The lowest BCUT2D eigenvalue weighted by atomic mass is 9.75. The van der Waals surface area contributed by atoms with E-state index in [1.165, 1.54) is 31.5 Å². The maximum absolute atomic E-state index is 12.6. The number of fused-ring (bicyclic) bond motifs is 2. The summed E-state index contributed by atoms with van der Waals surface area (Å²) in [7, 11) is 0. The lowest BCUT2D eigenvalue weighted by molar-refractivity contribution is -0.135. The Kier molecular flexibility index (Phi) is 6.54. The minimum Gasteiger partial charge on any atom is -0.337 e. The van der Waals surface area contributed by atoms with Crippen LogP contribution in [0.5, 0.6) is 0 Å². The first-order chi connectivity index (χ1) is 10.8. The van der Waals surface area contributed by atoms with Crippen LogP contribution < -0.4 is 5.73 Å². The third-order valence-corrected chi connectivity index (χ3v) is 5.90. The molecule has 24 heavy (non-hydrogen) atoms. The Morgan fingerprint density at radius 3 is 2.38 bits per heavy atom. The van der Waals surface area contributed by atoms with Gasteiger partial charge in [0.05, 0.1) is 6.04 Å². The predicted molar refractivity (Wildman–Crippen MR) is 101 cm³/mol. The molecule has 1 aromatic carbocycles. The fourth-order valence-corrected chi connectivity index (χ4v) is 4.96. The Morgan fingerprint density at radius 2 is 1.75 bits per heavy atom. The lowest BCUT2D eigenvalue weighted by Gasteiger charge is -2.51. The zero-order valence-corrected chi connectivity index (χ0v) is 15.5. The van der Waals surface area contributed by atoms with Gasteiger partial charge in [-0.05, 0) is 37.4 Å². The molecular formula is C18H27Cl2N3O. The van der Waals surface area contributed by atoms with Crippen molar-refractivity contribution in [3.63, 3.8) is 0 Å². The highest BCUT2D eigenvalue weighted by molar-refractivity contribution is 5.85. The number of likely N-dealkylation sites (tertiary alicyclic amines) is 1. The Morgan fingerprint density at radius 1 is 1.08 bits per heavy atom. The summed E-state index contributed by atoms with van der Waals surface area (Å²) in [6.45, 7) is 3.73. The SMILES string of the molecule is Cl.Cl.NCCC(=O)N1C[C@H](c2ccccc2)[C@@H]2[C@H]1C1CCN2CC1. The van der Waals surface area contributed by atoms with Crippen LogP contribution in [0.15, 0.2) is 30.3 Å². The van der Waals surface area contributed by atoms with Gasteiger partial charge in [-0.15, -0.1) is 24.8 Å². The van der Waals surface area contributed by atoms with Crippen LogP contribution >= 0.6 is 24.8 Å². The summed E-state index contributed by atoms with van der Waals surface area (Å²) in [5.41, 5.74) is 7.01. The molecule has 0 spiro atoms. The molecule has 1 amide bonds. The van der Waals surface area contributed by atoms with Crippen molar-refractivity contribution in [2.75, 3.05) is 26.2 Å². The van der Waals surface area contributed by atoms with Crippen molar-refractivity contribution in [1.82, 2.24) is 9.80 Å². The fraction of sp³-hybridized carbons (Fsp3) is 0.611. The lowest BCUT2D eigenvalue weighted by Crippen LogP contribution is -2.60. The van der Waals surface area contributed by atoms with Gasteiger partial charge in [-0.25, -0.2) is 0 Å². The Balaban J connectivity index is 0.00000104. The summed E-state index contributed by atoms with van der Waals surface area (Å²) < 4.78 is 0. The summed E-state index contributed by atoms with van der Waals surface area (Å²) >= 11 is 0. The van der Waals surface area contributed by atoms with Gasteiger partial charge in [0.2, 0.25) is 5.91 Å². The topological polar surface area (TPSA) is 49.6 Å². The molecule has 0 aliphatic carbocycles. The number of halogens is 2. The summed E-state index contributed by atoms with van der Waals surface area (Å²) in [5.74, 6) is 1.39. The molecule has 2 bridgehead atoms. The maximum atomic E-state index is 12.6. The van der Waals surface area contributed by atoms with Gasteiger partial charge in [-0.1, -0.05) is 30.3 Å². The Labute approximate surface area is 156 Å². The minimum atomic E-state index is 0. The number of carbonyl (C=O) groups excluding carboxylic acids is 1. The Hall–Kier alpha value is -0.810. The highest BCUT2D eigenvalue weighted by Gasteiger charge is 2.54. The molecule has 4 fully saturated rings. The largest absolute Gasteiger partial charge is 0.337 e. The number of hydrogen-bond acceptors (Lipinski definition) is 3. The normalized spacial score (nSPS) is 33.4. The van der Waals surface area contributed by atoms with Crippen LogP contribution in [0.3, 0.4) is 0 Å². The molecule has 3 atom stereocenters. The number of rotatable bonds is 3. The molecule has 1 aromatic rings. The molecule has 6 heteroatoms. The number of piperidine rings is 3. The van der Waals surface area contributed by atoms with Crippen molar-refractivity contribution in [3.8, 4) is 0 Å². The van der Waals surface area contributed by atoms with Crippen LogP contribution in [0.25, 0.3) is 0 Å². The third kappa shape index (κ3) is 3.17. The summed E-state index contributed by atoms with van der Waals surface area (Å²) in [5, 5.41) is 0. The van der Waals surface area contributed by atoms with E-state index in [9.17, 15) is 4.79 Å². The highest BCUT2D eigenvalue weighted by Crippen LogP contribution is 2.46. The van der Waals surface area contributed by atoms with Crippen LogP contribution in [-0.2, 0) is 4.79 Å². The van der Waals surface area contributed by atoms with Crippen molar-refractivity contribution < 1.29 is 4.79 Å². The molecule has 4 saturated heterocycles. The summed E-state index contributed by atoms with van der Waals surface area (Å²) in [6, 6.07) is 11.7. The first-order valence-electron chi connectivity index (χ1n) is 8.58. The molecule has 4 aliphatic heterocycles. The van der Waals surface area contributed by atoms with Gasteiger partial charge in [-0.2, -0.15) is 0 Å². The molecule has 0 radical (unpaired) electrons. The van der Waals surface area contributed by atoms with Crippen molar-refractivity contribution in [1.29, 1.82) is 0 Å². The zero-order valence-electron chi connectivity index (χ0n) is 13.8. The zero-order chi connectivity index (χ0) is 15.1. The van der Waals surface area contributed by atoms with Crippen LogP contribution in [0, 0.1) is 5.92 Å². The molecule has 5 rings (SSSR count). The van der Waals surface area contributed by atoms with Gasteiger partial charge in [-0.3, -0.25) is 9.69 Å². The van der Waals surface area contributed by atoms with E-state index in [2.05, 4.69) is 40.1 Å². The minimum absolute atomic E-state index is 0. The van der Waals surface area contributed by atoms with Crippen LogP contribution in [0.4, 0.5) is 0 Å². The van der Waals surface area contributed by atoms with E-state index < -0.39 is 0 Å². The number of nitrogens with zero attached hydrogens (tertiary/aromatic N) is 2. The molecular weight excluding hydrogens is 345 g/mol. The molecule has 0 unspecified atom stereocenters. The van der Waals surface area contributed by atoms with Crippen molar-refractivity contribution in [2.24, 2.45) is 11.7 Å². The Bertz CT molecular complexity index is 548. The van der Waals surface area contributed by atoms with Gasteiger partial charge in [0, 0.05) is 31.5 Å². The first-order valence-corrected chi connectivity index (χ1v) is 8.58. The highest BCUT2D eigenvalue weighted by atomic mass is 35.5. The monoisotopic (exact) mass is 371 g/mol. The average molecular weight is 372 g/mol. The fourth-order valence-electron chi connectivity index (χ4n) is 4.96. The van der Waals surface area contributed by atoms with E-state index >= 15 is 0 Å². The number of hydrogen-bond donors (Lipinski definition) is 1. The van der Waals surface area contributed by atoms with Gasteiger partial charge in [0.25, 0.3) is 0 Å². The van der Waals surface area contributed by atoms with E-state index in [-0.39, 0.29) is 30.7 Å². The molecule has 0 saturated carbocycles. The van der Waals surface area contributed by atoms with Crippen molar-refractivity contribution in [2.45, 2.75) is 37.3 Å². The molecule has 4 aliphatic rings. The second-order valence-corrected chi connectivity index (χ2v) is 6.96. The van der Waals surface area contributed by atoms with Gasteiger partial charge in [0.1, 0.15) is 0 Å². The molecule has 0 aromatic heterocycles. The van der Waals surface area contributed by atoms with Crippen LogP contribution in [0.2, 0.25) is 0 Å². The quantitative estimate of drug-likeness (QED) is 0.886. The standard InChI is InChI=1S/C18H25N3O.2ClH/c19-9-6-16(22)21-12-15(13-4-2-1-3-5-13)18-17(21)14-7-10-20(18)11-8-14;;/h1-5,14-15,17-18H,6-12,19H2;2*1H/t15-,17-,18-;;/m1../s1. The number of amides is 1. The van der Waals surface area contributed by atoms with Gasteiger partial charge in [0.15, 0.2) is 0 Å². The first kappa shape index (κ1) is 19.5. The van der Waals surface area contributed by atoms with Crippen LogP contribution in [-0.4, -0.2) is 54.0 Å². The second-order valence-electron chi connectivity index (χ2n) is 6.96. The van der Waals surface area contributed by atoms with E-state index in [4.69, 9.17) is 5.73 Å². The number of benzene rings is 1. The van der Waals surface area contributed by atoms with E-state index in [1.54, 1.807) is 0 Å². The maximum Gasteiger partial charge on any atom is 0.224 e. The predicted octanol–water partition coefficient (Wildman–Crippen LogP) is 2.27. The van der Waals surface area contributed by atoms with Crippen LogP contribution in [0.1, 0.15) is 30.7 Å². The molecule has 4 heterocycles. The van der Waals surface area contributed by atoms with Gasteiger partial charge < -0.3 is 10.6 Å². The number of nitrogens with two attached hydrogens (primary N) is 1. The average Bonchev–Trinajstić information content (AvgIpc) is 3.00. The van der Waals surface area contributed by atoms with E-state index in [1.807, 2.05) is 0 Å².